The first-order chi connectivity index (χ1) is 6.08. The molecular formula is C11H18O2. The maximum Gasteiger partial charge on any atom is 0.204 e. The summed E-state index contributed by atoms with van der Waals surface area (Å²) in [7, 11) is 0. The predicted octanol–water partition coefficient (Wildman–Crippen LogP) is 2.84. The van der Waals surface area contributed by atoms with Gasteiger partial charge in [-0.3, -0.25) is 0 Å². The SMILES string of the molecule is CC1OC(C)(C)OC2=CCCCC21. The standard InChI is InChI=1S/C11H18O2/c1-8-9-6-4-5-7-10(9)13-11(2,3)12-8/h7-9H,4-6H2,1-3H3. The van der Waals surface area contributed by atoms with Gasteiger partial charge in [0.25, 0.3) is 0 Å². The Hall–Kier alpha value is -0.500. The summed E-state index contributed by atoms with van der Waals surface area (Å²) in [6.07, 6.45) is 6.17. The second-order valence-electron chi connectivity index (χ2n) is 4.47. The lowest BCUT2D eigenvalue weighted by molar-refractivity contribution is -0.262. The molecule has 0 aromatic rings. The van der Waals surface area contributed by atoms with Crippen LogP contribution in [0.4, 0.5) is 0 Å². The van der Waals surface area contributed by atoms with Gasteiger partial charge in [-0.25, -0.2) is 0 Å². The van der Waals surface area contributed by atoms with Gasteiger partial charge in [0.2, 0.25) is 5.79 Å². The molecule has 0 aromatic heterocycles. The van der Waals surface area contributed by atoms with Crippen LogP contribution in [0.1, 0.15) is 40.0 Å². The monoisotopic (exact) mass is 182 g/mol. The van der Waals surface area contributed by atoms with Gasteiger partial charge in [0, 0.05) is 19.8 Å². The molecule has 2 unspecified atom stereocenters. The molecule has 0 aromatic carbocycles. The number of ether oxygens (including phenoxy) is 2. The van der Waals surface area contributed by atoms with Crippen molar-refractivity contribution in [3.63, 3.8) is 0 Å². The predicted molar refractivity (Wildman–Crippen MR) is 51.1 cm³/mol. The Morgan fingerprint density at radius 2 is 2.23 bits per heavy atom. The van der Waals surface area contributed by atoms with E-state index in [0.717, 1.165) is 12.2 Å². The molecule has 0 bridgehead atoms. The minimum absolute atomic E-state index is 0.301. The van der Waals surface area contributed by atoms with Crippen molar-refractivity contribution in [2.75, 3.05) is 0 Å². The Kier molecular flexibility index (Phi) is 2.11. The van der Waals surface area contributed by atoms with Crippen molar-refractivity contribution in [1.82, 2.24) is 0 Å². The van der Waals surface area contributed by atoms with Crippen LogP contribution in [-0.4, -0.2) is 11.9 Å². The Bertz CT molecular complexity index is 230. The van der Waals surface area contributed by atoms with Gasteiger partial charge in [-0.1, -0.05) is 0 Å². The van der Waals surface area contributed by atoms with E-state index in [1.807, 2.05) is 13.8 Å². The molecule has 0 spiro atoms. The van der Waals surface area contributed by atoms with E-state index in [1.54, 1.807) is 0 Å². The zero-order valence-electron chi connectivity index (χ0n) is 8.67. The first kappa shape index (κ1) is 9.07. The van der Waals surface area contributed by atoms with Crippen molar-refractivity contribution in [1.29, 1.82) is 0 Å². The van der Waals surface area contributed by atoms with E-state index in [1.165, 1.54) is 12.8 Å². The van der Waals surface area contributed by atoms with Gasteiger partial charge in [0.05, 0.1) is 6.10 Å². The topological polar surface area (TPSA) is 18.5 Å². The molecule has 0 amide bonds. The molecule has 0 radical (unpaired) electrons. The van der Waals surface area contributed by atoms with Crippen molar-refractivity contribution in [2.24, 2.45) is 5.92 Å². The molecule has 2 aliphatic rings. The van der Waals surface area contributed by atoms with Crippen LogP contribution in [0.2, 0.25) is 0 Å². The van der Waals surface area contributed by atoms with Gasteiger partial charge in [-0.2, -0.15) is 0 Å². The second kappa shape index (κ2) is 3.02. The number of fused-ring (bicyclic) bond motifs is 1. The summed E-state index contributed by atoms with van der Waals surface area (Å²) in [4.78, 5) is 0. The van der Waals surface area contributed by atoms with Crippen LogP contribution in [0.15, 0.2) is 11.8 Å². The first-order valence-electron chi connectivity index (χ1n) is 5.15. The fourth-order valence-corrected chi connectivity index (χ4v) is 2.30. The molecular weight excluding hydrogens is 164 g/mol. The van der Waals surface area contributed by atoms with E-state index in [4.69, 9.17) is 9.47 Å². The lowest BCUT2D eigenvalue weighted by Crippen LogP contribution is -2.43. The highest BCUT2D eigenvalue weighted by Gasteiger charge is 2.38. The minimum Gasteiger partial charge on any atom is -0.467 e. The van der Waals surface area contributed by atoms with E-state index in [0.29, 0.717) is 12.0 Å². The maximum atomic E-state index is 5.79. The van der Waals surface area contributed by atoms with Crippen molar-refractivity contribution in [3.05, 3.63) is 11.8 Å². The highest BCUT2D eigenvalue weighted by Crippen LogP contribution is 2.38. The molecule has 1 aliphatic heterocycles. The lowest BCUT2D eigenvalue weighted by Gasteiger charge is -2.43. The summed E-state index contributed by atoms with van der Waals surface area (Å²) >= 11 is 0. The Morgan fingerprint density at radius 3 is 3.00 bits per heavy atom. The molecule has 0 N–H and O–H groups in total. The zero-order chi connectivity index (χ0) is 9.47. The molecule has 2 rings (SSSR count). The highest BCUT2D eigenvalue weighted by molar-refractivity contribution is 5.07. The largest absolute Gasteiger partial charge is 0.467 e. The third-order valence-electron chi connectivity index (χ3n) is 2.83. The zero-order valence-corrected chi connectivity index (χ0v) is 8.67. The molecule has 74 valence electrons. The van der Waals surface area contributed by atoms with Crippen LogP contribution < -0.4 is 0 Å². The summed E-state index contributed by atoms with van der Waals surface area (Å²) < 4.78 is 11.6. The minimum atomic E-state index is -0.431. The Morgan fingerprint density at radius 1 is 1.46 bits per heavy atom. The van der Waals surface area contributed by atoms with E-state index in [-0.39, 0.29) is 0 Å². The molecule has 13 heavy (non-hydrogen) atoms. The maximum absolute atomic E-state index is 5.79. The summed E-state index contributed by atoms with van der Waals surface area (Å²) in [5.74, 6) is 1.23. The second-order valence-corrected chi connectivity index (χ2v) is 4.47. The fraction of sp³-hybridized carbons (Fsp3) is 0.818. The van der Waals surface area contributed by atoms with Crippen LogP contribution in [0.3, 0.4) is 0 Å². The summed E-state index contributed by atoms with van der Waals surface area (Å²) in [6.45, 7) is 6.11. The van der Waals surface area contributed by atoms with E-state index < -0.39 is 5.79 Å². The smallest absolute Gasteiger partial charge is 0.204 e. The third-order valence-corrected chi connectivity index (χ3v) is 2.83. The van der Waals surface area contributed by atoms with Crippen molar-refractivity contribution >= 4 is 0 Å². The molecule has 1 aliphatic carbocycles. The van der Waals surface area contributed by atoms with E-state index >= 15 is 0 Å². The number of hydrogen-bond donors (Lipinski definition) is 0. The molecule has 1 saturated heterocycles. The summed E-state index contributed by atoms with van der Waals surface area (Å²) in [5.41, 5.74) is 0. The van der Waals surface area contributed by atoms with Gasteiger partial charge >= 0.3 is 0 Å². The Balaban J connectivity index is 2.20. The highest BCUT2D eigenvalue weighted by atomic mass is 16.7. The van der Waals surface area contributed by atoms with Crippen LogP contribution in [0.5, 0.6) is 0 Å². The number of hydrogen-bond acceptors (Lipinski definition) is 2. The molecule has 1 fully saturated rings. The number of rotatable bonds is 0. The van der Waals surface area contributed by atoms with Crippen molar-refractivity contribution in [2.45, 2.75) is 51.9 Å². The fourth-order valence-electron chi connectivity index (χ4n) is 2.30. The summed E-state index contributed by atoms with van der Waals surface area (Å²) in [5, 5.41) is 0. The lowest BCUT2D eigenvalue weighted by atomic mass is 9.88. The van der Waals surface area contributed by atoms with E-state index in [2.05, 4.69) is 13.0 Å². The average Bonchev–Trinajstić information content (AvgIpc) is 2.02. The van der Waals surface area contributed by atoms with Gasteiger partial charge in [0.1, 0.15) is 5.76 Å². The first-order valence-corrected chi connectivity index (χ1v) is 5.15. The van der Waals surface area contributed by atoms with Crippen LogP contribution in [0.25, 0.3) is 0 Å². The molecule has 1 heterocycles. The molecule has 2 heteroatoms. The van der Waals surface area contributed by atoms with Crippen LogP contribution >= 0.6 is 0 Å². The van der Waals surface area contributed by atoms with E-state index in [9.17, 15) is 0 Å². The average molecular weight is 182 g/mol. The third kappa shape index (κ3) is 1.73. The van der Waals surface area contributed by atoms with Gasteiger partial charge < -0.3 is 9.47 Å². The van der Waals surface area contributed by atoms with Gasteiger partial charge in [0.15, 0.2) is 0 Å². The quantitative estimate of drug-likeness (QED) is 0.573. The van der Waals surface area contributed by atoms with Crippen molar-refractivity contribution < 1.29 is 9.47 Å². The van der Waals surface area contributed by atoms with Crippen LogP contribution in [0, 0.1) is 5.92 Å². The molecule has 2 atom stereocenters. The Labute approximate surface area is 79.9 Å². The van der Waals surface area contributed by atoms with Crippen molar-refractivity contribution in [3.8, 4) is 0 Å². The van der Waals surface area contributed by atoms with Gasteiger partial charge in [-0.15, -0.1) is 0 Å². The van der Waals surface area contributed by atoms with Gasteiger partial charge in [-0.05, 0) is 32.3 Å². The normalized spacial score (nSPS) is 37.3. The molecule has 0 saturated carbocycles. The number of allylic oxidation sites excluding steroid dienone is 1. The van der Waals surface area contributed by atoms with Crippen LogP contribution in [-0.2, 0) is 9.47 Å². The summed E-state index contributed by atoms with van der Waals surface area (Å²) in [6, 6.07) is 0. The molecule has 2 nitrogen and oxygen atoms in total.